The van der Waals surface area contributed by atoms with Crippen LogP contribution in [0.2, 0.25) is 5.02 Å². The van der Waals surface area contributed by atoms with Gasteiger partial charge in [-0.3, -0.25) is 4.90 Å². The summed E-state index contributed by atoms with van der Waals surface area (Å²) < 4.78 is 11.6. The van der Waals surface area contributed by atoms with E-state index in [0.29, 0.717) is 23.4 Å². The predicted molar refractivity (Wildman–Crippen MR) is 80.5 cm³/mol. The lowest BCUT2D eigenvalue weighted by Crippen LogP contribution is -2.48. The molecule has 1 N–H and O–H groups in total. The van der Waals surface area contributed by atoms with E-state index in [9.17, 15) is 5.11 Å². The molecule has 2 aromatic rings. The van der Waals surface area contributed by atoms with E-state index in [4.69, 9.17) is 20.8 Å². The highest BCUT2D eigenvalue weighted by Gasteiger charge is 2.36. The van der Waals surface area contributed by atoms with Crippen molar-refractivity contribution in [1.82, 2.24) is 4.90 Å². The van der Waals surface area contributed by atoms with Gasteiger partial charge in [0.25, 0.3) is 0 Å². The maximum absolute atomic E-state index is 10.6. The molecule has 0 amide bonds. The first kappa shape index (κ1) is 13.6. The normalized spacial score (nSPS) is 27.9. The third kappa shape index (κ3) is 2.46. The fourth-order valence-electron chi connectivity index (χ4n) is 3.40. The molecule has 3 heterocycles. The summed E-state index contributed by atoms with van der Waals surface area (Å²) in [5.74, 6) is 0.551. The highest BCUT2D eigenvalue weighted by molar-refractivity contribution is 6.31. The van der Waals surface area contributed by atoms with E-state index in [0.717, 1.165) is 24.1 Å². The number of halogens is 1. The van der Waals surface area contributed by atoms with Crippen LogP contribution in [0.4, 0.5) is 0 Å². The lowest BCUT2D eigenvalue weighted by molar-refractivity contribution is -0.108. The number of hydrogen-bond acceptors (Lipinski definition) is 4. The van der Waals surface area contributed by atoms with Gasteiger partial charge in [-0.1, -0.05) is 11.6 Å². The first-order chi connectivity index (χ1) is 10.2. The SMILES string of the molecule is OC(c1cc2cc(Cl)ccc2o1)C1CN2CCCC2CO1. The van der Waals surface area contributed by atoms with Gasteiger partial charge in [-0.2, -0.15) is 0 Å². The average molecular weight is 308 g/mol. The van der Waals surface area contributed by atoms with Gasteiger partial charge in [0.05, 0.1) is 6.61 Å². The number of nitrogens with zero attached hydrogens (tertiary/aromatic N) is 1. The Balaban J connectivity index is 1.56. The van der Waals surface area contributed by atoms with Gasteiger partial charge in [-0.05, 0) is 43.7 Å². The van der Waals surface area contributed by atoms with E-state index in [1.807, 2.05) is 18.2 Å². The smallest absolute Gasteiger partial charge is 0.139 e. The van der Waals surface area contributed by atoms with Crippen molar-refractivity contribution in [3.63, 3.8) is 0 Å². The topological polar surface area (TPSA) is 45.8 Å². The lowest BCUT2D eigenvalue weighted by atomic mass is 10.1. The minimum absolute atomic E-state index is 0.226. The largest absolute Gasteiger partial charge is 0.458 e. The van der Waals surface area contributed by atoms with Gasteiger partial charge in [0.1, 0.15) is 23.6 Å². The summed E-state index contributed by atoms with van der Waals surface area (Å²) in [6, 6.07) is 7.84. The van der Waals surface area contributed by atoms with Gasteiger partial charge in [0.2, 0.25) is 0 Å². The van der Waals surface area contributed by atoms with Crippen LogP contribution in [-0.2, 0) is 4.74 Å². The van der Waals surface area contributed by atoms with Crippen LogP contribution in [0.3, 0.4) is 0 Å². The Kier molecular flexibility index (Phi) is 3.42. The molecule has 5 heteroatoms. The summed E-state index contributed by atoms with van der Waals surface area (Å²) in [4.78, 5) is 2.41. The third-order valence-corrected chi connectivity index (χ3v) is 4.79. The van der Waals surface area contributed by atoms with Crippen molar-refractivity contribution in [2.24, 2.45) is 0 Å². The van der Waals surface area contributed by atoms with Gasteiger partial charge >= 0.3 is 0 Å². The monoisotopic (exact) mass is 307 g/mol. The van der Waals surface area contributed by atoms with Crippen LogP contribution in [0.25, 0.3) is 11.0 Å². The van der Waals surface area contributed by atoms with E-state index in [1.165, 1.54) is 12.8 Å². The molecular formula is C16H18ClNO3. The zero-order valence-corrected chi connectivity index (χ0v) is 12.4. The summed E-state index contributed by atoms with van der Waals surface area (Å²) in [6.45, 7) is 2.57. The van der Waals surface area contributed by atoms with Crippen LogP contribution >= 0.6 is 11.6 Å². The van der Waals surface area contributed by atoms with Crippen molar-refractivity contribution in [2.45, 2.75) is 31.1 Å². The van der Waals surface area contributed by atoms with Gasteiger partial charge in [0.15, 0.2) is 0 Å². The molecule has 0 aliphatic carbocycles. The van der Waals surface area contributed by atoms with Gasteiger partial charge in [-0.15, -0.1) is 0 Å². The first-order valence-electron chi connectivity index (χ1n) is 7.43. The average Bonchev–Trinajstić information content (AvgIpc) is 3.11. The number of morpholine rings is 1. The van der Waals surface area contributed by atoms with E-state index >= 15 is 0 Å². The number of aliphatic hydroxyl groups excluding tert-OH is 1. The van der Waals surface area contributed by atoms with Gasteiger partial charge in [-0.25, -0.2) is 0 Å². The van der Waals surface area contributed by atoms with Gasteiger partial charge < -0.3 is 14.3 Å². The standard InChI is InChI=1S/C16H18ClNO3/c17-11-3-4-13-10(6-11)7-14(21-13)16(19)15-8-18-5-1-2-12(18)9-20-15/h3-4,6-7,12,15-16,19H,1-2,5,8-9H2. The molecule has 3 atom stereocenters. The fourth-order valence-corrected chi connectivity index (χ4v) is 3.58. The molecule has 0 spiro atoms. The van der Waals surface area contributed by atoms with E-state index in [2.05, 4.69) is 4.90 Å². The molecule has 112 valence electrons. The van der Waals surface area contributed by atoms with Crippen molar-refractivity contribution < 1.29 is 14.3 Å². The molecule has 1 aromatic heterocycles. The molecule has 0 radical (unpaired) electrons. The molecule has 2 aliphatic heterocycles. The fraction of sp³-hybridized carbons (Fsp3) is 0.500. The highest BCUT2D eigenvalue weighted by atomic mass is 35.5. The number of furan rings is 1. The Hall–Kier alpha value is -1.07. The molecular weight excluding hydrogens is 290 g/mol. The highest BCUT2D eigenvalue weighted by Crippen LogP contribution is 2.32. The molecule has 4 nitrogen and oxygen atoms in total. The van der Waals surface area contributed by atoms with Gasteiger partial charge in [0, 0.05) is 23.0 Å². The van der Waals surface area contributed by atoms with Crippen LogP contribution in [-0.4, -0.2) is 41.8 Å². The number of rotatable bonds is 2. The Labute approximate surface area is 128 Å². The molecule has 2 saturated heterocycles. The molecule has 3 unspecified atom stereocenters. The second-order valence-electron chi connectivity index (χ2n) is 5.94. The number of benzene rings is 1. The predicted octanol–water partition coefficient (Wildman–Crippen LogP) is 2.98. The number of ether oxygens (including phenoxy) is 1. The zero-order chi connectivity index (χ0) is 14.4. The third-order valence-electron chi connectivity index (χ3n) is 4.56. The van der Waals surface area contributed by atoms with E-state index < -0.39 is 6.10 Å². The molecule has 2 fully saturated rings. The maximum Gasteiger partial charge on any atom is 0.139 e. The number of fused-ring (bicyclic) bond motifs is 2. The molecule has 4 rings (SSSR count). The Morgan fingerprint density at radius 1 is 1.33 bits per heavy atom. The van der Waals surface area contributed by atoms with Crippen molar-refractivity contribution in [3.8, 4) is 0 Å². The summed E-state index contributed by atoms with van der Waals surface area (Å²) in [6.07, 6.45) is 1.46. The van der Waals surface area contributed by atoms with E-state index in [-0.39, 0.29) is 6.10 Å². The molecule has 21 heavy (non-hydrogen) atoms. The second-order valence-corrected chi connectivity index (χ2v) is 6.37. The maximum atomic E-state index is 10.6. The van der Waals surface area contributed by atoms with E-state index in [1.54, 1.807) is 6.07 Å². The molecule has 2 aliphatic rings. The van der Waals surface area contributed by atoms with Crippen molar-refractivity contribution in [2.75, 3.05) is 19.7 Å². The minimum Gasteiger partial charge on any atom is -0.458 e. The van der Waals surface area contributed by atoms with Crippen molar-refractivity contribution in [3.05, 3.63) is 35.0 Å². The van der Waals surface area contributed by atoms with Crippen molar-refractivity contribution >= 4 is 22.6 Å². The van der Waals surface area contributed by atoms with Crippen LogP contribution in [0.5, 0.6) is 0 Å². The summed E-state index contributed by atoms with van der Waals surface area (Å²) in [7, 11) is 0. The summed E-state index contributed by atoms with van der Waals surface area (Å²) in [5, 5.41) is 12.1. The Morgan fingerprint density at radius 2 is 2.24 bits per heavy atom. The number of aliphatic hydroxyl groups is 1. The Bertz CT molecular complexity index is 656. The molecule has 1 aromatic carbocycles. The van der Waals surface area contributed by atoms with Crippen LogP contribution in [0, 0.1) is 0 Å². The van der Waals surface area contributed by atoms with Crippen molar-refractivity contribution in [1.29, 1.82) is 0 Å². The summed E-state index contributed by atoms with van der Waals surface area (Å²) in [5.41, 5.74) is 0.739. The summed E-state index contributed by atoms with van der Waals surface area (Å²) >= 11 is 5.98. The minimum atomic E-state index is -0.738. The first-order valence-corrected chi connectivity index (χ1v) is 7.81. The van der Waals surface area contributed by atoms with Crippen LogP contribution in [0.15, 0.2) is 28.7 Å². The zero-order valence-electron chi connectivity index (χ0n) is 11.7. The Morgan fingerprint density at radius 3 is 3.14 bits per heavy atom. The number of hydrogen-bond donors (Lipinski definition) is 1. The molecule has 0 saturated carbocycles. The van der Waals surface area contributed by atoms with Crippen LogP contribution in [0.1, 0.15) is 24.7 Å². The quantitative estimate of drug-likeness (QED) is 0.926. The van der Waals surface area contributed by atoms with Crippen LogP contribution < -0.4 is 0 Å². The molecule has 0 bridgehead atoms. The second kappa shape index (κ2) is 5.29. The lowest BCUT2D eigenvalue weighted by Gasteiger charge is -2.36.